The summed E-state index contributed by atoms with van der Waals surface area (Å²) in [5.74, 6) is 0. The molecule has 61 heavy (non-hydrogen) atoms. The highest BCUT2D eigenvalue weighted by Crippen LogP contribution is 2.52. The van der Waals surface area contributed by atoms with Crippen LogP contribution in [0.25, 0.3) is 88.0 Å². The highest BCUT2D eigenvalue weighted by molar-refractivity contribution is 6.17. The zero-order valence-electron chi connectivity index (χ0n) is 34.1. The molecule has 1 aromatic heterocycles. The molecule has 0 bridgehead atoms. The zero-order valence-corrected chi connectivity index (χ0v) is 34.1. The maximum Gasteiger partial charge on any atom is 0.143 e. The minimum absolute atomic E-state index is 0.130. The molecule has 0 saturated heterocycles. The fourth-order valence-corrected chi connectivity index (χ4v) is 10.1. The topological polar surface area (TPSA) is 16.4 Å². The number of nitrogens with zero attached hydrogens (tertiary/aromatic N) is 1. The Morgan fingerprint density at radius 3 is 1.74 bits per heavy atom. The van der Waals surface area contributed by atoms with Crippen LogP contribution >= 0.6 is 0 Å². The fourth-order valence-electron chi connectivity index (χ4n) is 10.1. The van der Waals surface area contributed by atoms with Gasteiger partial charge in [-0.05, 0) is 115 Å². The summed E-state index contributed by atoms with van der Waals surface area (Å²) >= 11 is 0. The molecule has 12 rings (SSSR count). The van der Waals surface area contributed by atoms with Gasteiger partial charge in [-0.1, -0.05) is 178 Å². The van der Waals surface area contributed by atoms with Crippen molar-refractivity contribution in [3.63, 3.8) is 0 Å². The first-order valence-corrected chi connectivity index (χ1v) is 21.2. The Morgan fingerprint density at radius 1 is 0.344 bits per heavy atom. The predicted octanol–water partition coefficient (Wildman–Crippen LogP) is 16.7. The molecular weight excluding hydrogens is 739 g/mol. The molecule has 11 aromatic rings. The summed E-state index contributed by atoms with van der Waals surface area (Å²) in [7, 11) is 0. The molecule has 0 aliphatic heterocycles. The number of benzene rings is 10. The van der Waals surface area contributed by atoms with Crippen LogP contribution in [0.5, 0.6) is 0 Å². The summed E-state index contributed by atoms with van der Waals surface area (Å²) in [6, 6.07) is 77.4. The largest absolute Gasteiger partial charge is 0.455 e. The van der Waals surface area contributed by atoms with Gasteiger partial charge in [0.05, 0.1) is 0 Å². The van der Waals surface area contributed by atoms with Gasteiger partial charge in [0.2, 0.25) is 0 Å². The van der Waals surface area contributed by atoms with Gasteiger partial charge >= 0.3 is 0 Å². The van der Waals surface area contributed by atoms with E-state index < -0.39 is 0 Å². The normalized spacial score (nSPS) is 12.9. The maximum absolute atomic E-state index is 6.83. The lowest BCUT2D eigenvalue weighted by molar-refractivity contribution is 0.662. The maximum atomic E-state index is 6.83. The molecule has 288 valence electrons. The van der Waals surface area contributed by atoms with Crippen LogP contribution in [-0.2, 0) is 5.41 Å². The molecular formula is C59H41NO. The third-order valence-corrected chi connectivity index (χ3v) is 13.0. The van der Waals surface area contributed by atoms with E-state index >= 15 is 0 Å². The Balaban J connectivity index is 1.01. The number of fused-ring (bicyclic) bond motifs is 9. The lowest BCUT2D eigenvalue weighted by Gasteiger charge is -2.28. The van der Waals surface area contributed by atoms with Crippen molar-refractivity contribution in [3.05, 3.63) is 223 Å². The van der Waals surface area contributed by atoms with Gasteiger partial charge in [-0.15, -0.1) is 0 Å². The van der Waals surface area contributed by atoms with Gasteiger partial charge in [-0.25, -0.2) is 0 Å². The summed E-state index contributed by atoms with van der Waals surface area (Å²) in [6.07, 6.45) is 0. The van der Waals surface area contributed by atoms with Crippen LogP contribution in [0.1, 0.15) is 25.0 Å². The van der Waals surface area contributed by atoms with Crippen molar-refractivity contribution in [1.29, 1.82) is 0 Å². The van der Waals surface area contributed by atoms with Crippen LogP contribution in [0.15, 0.2) is 217 Å². The quantitative estimate of drug-likeness (QED) is 0.167. The van der Waals surface area contributed by atoms with Crippen LogP contribution < -0.4 is 4.90 Å². The smallest absolute Gasteiger partial charge is 0.143 e. The number of hydrogen-bond donors (Lipinski definition) is 0. The van der Waals surface area contributed by atoms with Crippen molar-refractivity contribution in [1.82, 2.24) is 0 Å². The second-order valence-electron chi connectivity index (χ2n) is 16.9. The zero-order chi connectivity index (χ0) is 40.7. The van der Waals surface area contributed by atoms with Gasteiger partial charge in [0.25, 0.3) is 0 Å². The molecule has 2 heteroatoms. The number of anilines is 3. The second kappa shape index (κ2) is 13.7. The molecule has 0 unspecified atom stereocenters. The van der Waals surface area contributed by atoms with Crippen molar-refractivity contribution in [2.75, 3.05) is 4.90 Å². The summed E-state index contributed by atoms with van der Waals surface area (Å²) in [5.41, 5.74) is 17.4. The van der Waals surface area contributed by atoms with Gasteiger partial charge in [-0.2, -0.15) is 0 Å². The Kier molecular flexibility index (Phi) is 7.92. The molecule has 1 aliphatic carbocycles. The minimum Gasteiger partial charge on any atom is -0.455 e. The van der Waals surface area contributed by atoms with Crippen LogP contribution in [0.4, 0.5) is 17.1 Å². The standard InChI is InChI=1S/C59H41NO/c1-59(2)55-26-8-7-21-51(55)52-24-11-22-48(56(52)59)43-16-9-18-46(36-43)60(45-32-29-39(30-33-45)42-28-27-38-13-3-4-15-41(38)35-42)47-19-10-17-44(37-47)50-23-12-25-53-54-34-31-40-14-5-6-20-49(40)57(54)61-58(50)53/h3-37H,1-2H3. The van der Waals surface area contributed by atoms with Crippen LogP contribution in [-0.4, -0.2) is 0 Å². The first kappa shape index (κ1) is 35.3. The van der Waals surface area contributed by atoms with E-state index in [0.29, 0.717) is 0 Å². The minimum atomic E-state index is -0.130. The Hall–Kier alpha value is -7.68. The van der Waals surface area contributed by atoms with Crippen LogP contribution in [0.2, 0.25) is 0 Å². The van der Waals surface area contributed by atoms with Crippen molar-refractivity contribution in [2.45, 2.75) is 19.3 Å². The van der Waals surface area contributed by atoms with E-state index in [2.05, 4.69) is 231 Å². The van der Waals surface area contributed by atoms with E-state index in [9.17, 15) is 0 Å². The molecule has 0 fully saturated rings. The fraction of sp³-hybridized carbons (Fsp3) is 0.0508. The molecule has 0 amide bonds. The highest BCUT2D eigenvalue weighted by Gasteiger charge is 2.37. The Morgan fingerprint density at radius 2 is 0.918 bits per heavy atom. The molecule has 0 atom stereocenters. The van der Waals surface area contributed by atoms with Gasteiger partial charge in [0.1, 0.15) is 11.2 Å². The molecule has 10 aromatic carbocycles. The van der Waals surface area contributed by atoms with E-state index in [1.165, 1.54) is 60.7 Å². The predicted molar refractivity (Wildman–Crippen MR) is 257 cm³/mol. The van der Waals surface area contributed by atoms with Gasteiger partial charge in [-0.3, -0.25) is 0 Å². The van der Waals surface area contributed by atoms with Gasteiger partial charge < -0.3 is 9.32 Å². The average molecular weight is 780 g/mol. The molecule has 0 N–H and O–H groups in total. The number of rotatable bonds is 6. The third kappa shape index (κ3) is 5.64. The summed E-state index contributed by atoms with van der Waals surface area (Å²) in [4.78, 5) is 2.40. The molecule has 0 spiro atoms. The Bertz CT molecular complexity index is 3520. The van der Waals surface area contributed by atoms with Crippen LogP contribution in [0, 0.1) is 0 Å². The monoisotopic (exact) mass is 779 g/mol. The number of hydrogen-bond acceptors (Lipinski definition) is 2. The second-order valence-corrected chi connectivity index (χ2v) is 16.9. The molecule has 1 heterocycles. The van der Waals surface area contributed by atoms with E-state index in [1.54, 1.807) is 0 Å². The molecule has 0 radical (unpaired) electrons. The van der Waals surface area contributed by atoms with E-state index in [-0.39, 0.29) is 5.41 Å². The van der Waals surface area contributed by atoms with E-state index in [1.807, 2.05) is 0 Å². The van der Waals surface area contributed by atoms with Crippen molar-refractivity contribution in [3.8, 4) is 44.5 Å². The van der Waals surface area contributed by atoms with Crippen LogP contribution in [0.3, 0.4) is 0 Å². The first-order valence-electron chi connectivity index (χ1n) is 21.2. The average Bonchev–Trinajstić information content (AvgIpc) is 3.82. The molecule has 1 aliphatic rings. The van der Waals surface area contributed by atoms with E-state index in [0.717, 1.165) is 55.5 Å². The van der Waals surface area contributed by atoms with Crippen molar-refractivity contribution in [2.24, 2.45) is 0 Å². The van der Waals surface area contributed by atoms with Gasteiger partial charge in [0.15, 0.2) is 0 Å². The lowest BCUT2D eigenvalue weighted by atomic mass is 9.79. The summed E-state index contributed by atoms with van der Waals surface area (Å²) in [5, 5.41) is 7.05. The number of furan rings is 1. The Labute approximate surface area is 355 Å². The van der Waals surface area contributed by atoms with Crippen molar-refractivity contribution < 1.29 is 4.42 Å². The molecule has 2 nitrogen and oxygen atoms in total. The molecule has 0 saturated carbocycles. The number of para-hydroxylation sites is 1. The third-order valence-electron chi connectivity index (χ3n) is 13.0. The summed E-state index contributed by atoms with van der Waals surface area (Å²) in [6.45, 7) is 4.73. The van der Waals surface area contributed by atoms with Gasteiger partial charge in [0, 0.05) is 44.2 Å². The lowest BCUT2D eigenvalue weighted by Crippen LogP contribution is -2.16. The van der Waals surface area contributed by atoms with Crippen molar-refractivity contribution >= 4 is 60.5 Å². The summed E-state index contributed by atoms with van der Waals surface area (Å²) < 4.78 is 6.83. The SMILES string of the molecule is CC1(C)c2ccccc2-c2cccc(-c3cccc(N(c4ccc(-c5ccc6ccccc6c5)cc4)c4cccc(-c5cccc6c5oc5c7ccccc7ccc65)c4)c3)c21. The highest BCUT2D eigenvalue weighted by atomic mass is 16.3. The van der Waals surface area contributed by atoms with E-state index in [4.69, 9.17) is 4.42 Å². The first-order chi connectivity index (χ1) is 30.0.